The van der Waals surface area contributed by atoms with E-state index in [4.69, 9.17) is 21.6 Å². The Kier molecular flexibility index (Phi) is 3.64. The molecule has 0 N–H and O–H groups in total. The predicted molar refractivity (Wildman–Crippen MR) is 52.7 cm³/mol. The molecule has 0 aromatic heterocycles. The number of methoxy groups -OCH3 is 1. The number of halogens is 2. The standard InChI is InChI=1S/C10H7ClFNO2/c1-15-10-6(5-13)2-7(12)3-8(10)9(14)4-11/h2-3H,4H2,1H3. The molecular formula is C10H7ClFNO2. The second kappa shape index (κ2) is 4.76. The number of rotatable bonds is 3. The summed E-state index contributed by atoms with van der Waals surface area (Å²) in [6.45, 7) is 0. The summed E-state index contributed by atoms with van der Waals surface area (Å²) in [4.78, 5) is 11.3. The van der Waals surface area contributed by atoms with Crippen LogP contribution >= 0.6 is 11.6 Å². The summed E-state index contributed by atoms with van der Waals surface area (Å²) >= 11 is 5.35. The van der Waals surface area contributed by atoms with Crippen LogP contribution in [0.1, 0.15) is 15.9 Å². The maximum atomic E-state index is 13.0. The molecule has 0 saturated carbocycles. The minimum Gasteiger partial charge on any atom is -0.495 e. The molecule has 15 heavy (non-hydrogen) atoms. The Balaban J connectivity index is 3.43. The number of alkyl halides is 1. The van der Waals surface area contributed by atoms with Crippen molar-refractivity contribution in [2.24, 2.45) is 0 Å². The lowest BCUT2D eigenvalue weighted by atomic mass is 10.1. The van der Waals surface area contributed by atoms with Gasteiger partial charge in [0.25, 0.3) is 0 Å². The van der Waals surface area contributed by atoms with Gasteiger partial charge in [-0.3, -0.25) is 4.79 Å². The fourth-order valence-electron chi connectivity index (χ4n) is 1.18. The molecule has 0 atom stereocenters. The van der Waals surface area contributed by atoms with Crippen LogP contribution < -0.4 is 4.74 Å². The van der Waals surface area contributed by atoms with E-state index in [0.717, 1.165) is 12.1 Å². The molecule has 1 aromatic carbocycles. The molecule has 5 heteroatoms. The minimum atomic E-state index is -0.666. The van der Waals surface area contributed by atoms with Gasteiger partial charge in [0.2, 0.25) is 0 Å². The van der Waals surface area contributed by atoms with E-state index in [2.05, 4.69) is 0 Å². The quantitative estimate of drug-likeness (QED) is 0.587. The second-order valence-corrected chi connectivity index (χ2v) is 2.97. The van der Waals surface area contributed by atoms with Gasteiger partial charge in [0.05, 0.1) is 24.1 Å². The number of carbonyl (C=O) groups excluding carboxylic acids is 1. The number of carbonyl (C=O) groups is 1. The highest BCUT2D eigenvalue weighted by Gasteiger charge is 2.16. The third-order valence-electron chi connectivity index (χ3n) is 1.80. The lowest BCUT2D eigenvalue weighted by molar-refractivity contribution is 0.101. The van der Waals surface area contributed by atoms with E-state index in [1.165, 1.54) is 7.11 Å². The zero-order valence-electron chi connectivity index (χ0n) is 7.88. The number of hydrogen-bond donors (Lipinski definition) is 0. The third-order valence-corrected chi connectivity index (χ3v) is 2.04. The van der Waals surface area contributed by atoms with Gasteiger partial charge in [0.15, 0.2) is 5.78 Å². The molecular weight excluding hydrogens is 221 g/mol. The zero-order chi connectivity index (χ0) is 11.4. The van der Waals surface area contributed by atoms with Crippen molar-refractivity contribution < 1.29 is 13.9 Å². The fourth-order valence-corrected chi connectivity index (χ4v) is 1.32. The highest BCUT2D eigenvalue weighted by Crippen LogP contribution is 2.25. The van der Waals surface area contributed by atoms with Gasteiger partial charge in [-0.2, -0.15) is 5.26 Å². The van der Waals surface area contributed by atoms with Gasteiger partial charge in [0.1, 0.15) is 17.6 Å². The number of nitrogens with zero attached hydrogens (tertiary/aromatic N) is 1. The number of benzene rings is 1. The van der Waals surface area contributed by atoms with Crippen LogP contribution in [0, 0.1) is 17.1 Å². The molecule has 0 fully saturated rings. The number of hydrogen-bond acceptors (Lipinski definition) is 3. The summed E-state index contributed by atoms with van der Waals surface area (Å²) in [6, 6.07) is 3.75. The molecule has 0 aliphatic carbocycles. The van der Waals surface area contributed by atoms with Crippen LogP contribution in [0.15, 0.2) is 12.1 Å². The summed E-state index contributed by atoms with van der Waals surface area (Å²) in [7, 11) is 1.30. The third kappa shape index (κ3) is 2.25. The average molecular weight is 228 g/mol. The minimum absolute atomic E-state index is 0.0101. The molecule has 1 rings (SSSR count). The molecule has 0 amide bonds. The van der Waals surface area contributed by atoms with Gasteiger partial charge in [-0.1, -0.05) is 0 Å². The van der Waals surface area contributed by atoms with Gasteiger partial charge in [-0.15, -0.1) is 11.6 Å². The number of ether oxygens (including phenoxy) is 1. The molecule has 0 heterocycles. The highest BCUT2D eigenvalue weighted by atomic mass is 35.5. The van der Waals surface area contributed by atoms with Crippen molar-refractivity contribution in [1.29, 1.82) is 5.26 Å². The van der Waals surface area contributed by atoms with Crippen LogP contribution in [0.4, 0.5) is 4.39 Å². The Labute approximate surface area is 91.0 Å². The second-order valence-electron chi connectivity index (χ2n) is 2.70. The molecule has 0 bridgehead atoms. The normalized spacial score (nSPS) is 9.47. The smallest absolute Gasteiger partial charge is 0.181 e. The van der Waals surface area contributed by atoms with Crippen molar-refractivity contribution in [2.45, 2.75) is 0 Å². The van der Waals surface area contributed by atoms with Gasteiger partial charge >= 0.3 is 0 Å². The summed E-state index contributed by atoms with van der Waals surface area (Å²) < 4.78 is 17.9. The van der Waals surface area contributed by atoms with Gasteiger partial charge < -0.3 is 4.74 Å². The van der Waals surface area contributed by atoms with Crippen molar-refractivity contribution in [1.82, 2.24) is 0 Å². The van der Waals surface area contributed by atoms with Crippen molar-refractivity contribution in [3.8, 4) is 11.8 Å². The maximum Gasteiger partial charge on any atom is 0.181 e. The van der Waals surface area contributed by atoms with Crippen LogP contribution in [0.3, 0.4) is 0 Å². The van der Waals surface area contributed by atoms with Crippen LogP contribution in [0.25, 0.3) is 0 Å². The number of ketones is 1. The topological polar surface area (TPSA) is 50.1 Å². The average Bonchev–Trinajstić information content (AvgIpc) is 2.26. The Morgan fingerprint density at radius 1 is 1.67 bits per heavy atom. The zero-order valence-corrected chi connectivity index (χ0v) is 8.64. The Morgan fingerprint density at radius 3 is 2.80 bits per heavy atom. The lowest BCUT2D eigenvalue weighted by Crippen LogP contribution is -2.05. The SMILES string of the molecule is COc1c(C#N)cc(F)cc1C(=O)CCl. The first-order chi connectivity index (χ1) is 7.13. The van der Waals surface area contributed by atoms with Crippen LogP contribution in [-0.4, -0.2) is 18.8 Å². The van der Waals surface area contributed by atoms with Crippen LogP contribution in [0.5, 0.6) is 5.75 Å². The van der Waals surface area contributed by atoms with Crippen molar-refractivity contribution in [3.05, 3.63) is 29.1 Å². The molecule has 3 nitrogen and oxygen atoms in total. The fraction of sp³-hybridized carbons (Fsp3) is 0.200. The Bertz CT molecular complexity index is 440. The maximum absolute atomic E-state index is 13.0. The predicted octanol–water partition coefficient (Wildman–Crippen LogP) is 2.13. The van der Waals surface area contributed by atoms with E-state index in [1.807, 2.05) is 0 Å². The van der Waals surface area contributed by atoms with E-state index in [0.29, 0.717) is 0 Å². The monoisotopic (exact) mass is 227 g/mol. The Morgan fingerprint density at radius 2 is 2.33 bits per heavy atom. The van der Waals surface area contributed by atoms with E-state index in [1.54, 1.807) is 6.07 Å². The molecule has 0 aliphatic rings. The van der Waals surface area contributed by atoms with E-state index in [9.17, 15) is 9.18 Å². The van der Waals surface area contributed by atoms with Crippen molar-refractivity contribution in [3.63, 3.8) is 0 Å². The summed E-state index contributed by atoms with van der Waals surface area (Å²) in [5, 5.41) is 8.71. The lowest BCUT2D eigenvalue weighted by Gasteiger charge is -2.08. The van der Waals surface area contributed by atoms with E-state index >= 15 is 0 Å². The number of nitriles is 1. The molecule has 0 aliphatic heterocycles. The molecule has 78 valence electrons. The van der Waals surface area contributed by atoms with Crippen molar-refractivity contribution in [2.75, 3.05) is 13.0 Å². The summed E-state index contributed by atoms with van der Waals surface area (Å²) in [5.41, 5.74) is -0.0324. The van der Waals surface area contributed by atoms with Gasteiger partial charge in [0, 0.05) is 0 Å². The molecule has 0 saturated heterocycles. The van der Waals surface area contributed by atoms with Gasteiger partial charge in [-0.05, 0) is 12.1 Å². The van der Waals surface area contributed by atoms with Crippen LogP contribution in [-0.2, 0) is 0 Å². The first kappa shape index (κ1) is 11.5. The van der Waals surface area contributed by atoms with E-state index in [-0.39, 0.29) is 22.8 Å². The first-order valence-corrected chi connectivity index (χ1v) is 4.54. The summed E-state index contributed by atoms with van der Waals surface area (Å²) in [5.74, 6) is -1.38. The highest BCUT2D eigenvalue weighted by molar-refractivity contribution is 6.30. The largest absolute Gasteiger partial charge is 0.495 e. The summed E-state index contributed by atoms with van der Waals surface area (Å²) in [6.07, 6.45) is 0. The first-order valence-electron chi connectivity index (χ1n) is 4.00. The van der Waals surface area contributed by atoms with Gasteiger partial charge in [-0.25, -0.2) is 4.39 Å². The van der Waals surface area contributed by atoms with E-state index < -0.39 is 11.6 Å². The van der Waals surface area contributed by atoms with Crippen LogP contribution in [0.2, 0.25) is 0 Å². The molecule has 0 unspecified atom stereocenters. The molecule has 1 aromatic rings. The molecule has 0 radical (unpaired) electrons. The van der Waals surface area contributed by atoms with Crippen molar-refractivity contribution >= 4 is 17.4 Å². The molecule has 0 spiro atoms. The number of Topliss-reactive ketones (excluding diaryl/α,β-unsaturated/α-hetero) is 1. The Hall–Kier alpha value is -1.60.